The number of nitrogens with zero attached hydrogens (tertiary/aromatic N) is 3. The smallest absolute Gasteiger partial charge is 0.255 e. The second kappa shape index (κ2) is 23.4. The zero-order valence-corrected chi connectivity index (χ0v) is 46.9. The average molecular weight is 1160 g/mol. The molecule has 5 N–H and O–H groups in total. The van der Waals surface area contributed by atoms with Crippen LogP contribution in [0.4, 0.5) is 22.7 Å². The molecule has 77 heavy (non-hydrogen) atoms. The van der Waals surface area contributed by atoms with E-state index in [1.165, 1.54) is 0 Å². The SMILES string of the molecule is CN1CC2(CCN(c3ccc(C(=O)NCCc4cc(C5NCC56CCN(c5ccc(C(=O)NCCc7ccc(Cl)cc7Cl)cc5NC(=O)c5cccc(Cl)c5)CC6)c(Cl)cc4Cl)cc3NC(=O)c3cccc(Cl)c3)CC2)C1. The summed E-state index contributed by atoms with van der Waals surface area (Å²) in [7, 11) is 2.16. The third kappa shape index (κ3) is 12.4. The Hall–Kier alpha value is -5.54. The van der Waals surface area contributed by atoms with Crippen LogP contribution in [-0.2, 0) is 12.8 Å². The van der Waals surface area contributed by atoms with Crippen LogP contribution in [0, 0.1) is 10.8 Å². The molecule has 2 spiro atoms. The van der Waals surface area contributed by atoms with Crippen LogP contribution in [0.5, 0.6) is 0 Å². The van der Waals surface area contributed by atoms with Crippen molar-refractivity contribution in [3.05, 3.63) is 184 Å². The summed E-state index contributed by atoms with van der Waals surface area (Å²) in [5, 5.41) is 18.9. The summed E-state index contributed by atoms with van der Waals surface area (Å²) in [5.74, 6) is -1.23. The molecule has 18 heteroatoms. The van der Waals surface area contributed by atoms with Crippen LogP contribution in [0.3, 0.4) is 0 Å². The van der Waals surface area contributed by atoms with Crippen molar-refractivity contribution in [2.75, 3.05) is 86.4 Å². The molecule has 4 amide bonds. The second-order valence-electron chi connectivity index (χ2n) is 20.9. The molecule has 0 aliphatic carbocycles. The third-order valence-electron chi connectivity index (χ3n) is 15.8. The lowest BCUT2D eigenvalue weighted by Crippen LogP contribution is -2.60. The fourth-order valence-electron chi connectivity index (χ4n) is 11.6. The van der Waals surface area contributed by atoms with Gasteiger partial charge < -0.3 is 41.3 Å². The average Bonchev–Trinajstić information content (AvgIpc) is 3.40. The molecule has 4 aliphatic heterocycles. The van der Waals surface area contributed by atoms with Crippen LogP contribution in [0.1, 0.15) is 89.8 Å². The summed E-state index contributed by atoms with van der Waals surface area (Å²) in [5.41, 5.74) is 7.28. The Bertz CT molecular complexity index is 3240. The lowest BCUT2D eigenvalue weighted by Gasteiger charge is -2.55. The number of hydrogen-bond acceptors (Lipinski definition) is 8. The number of anilines is 4. The number of halogens is 6. The monoisotopic (exact) mass is 1150 g/mol. The van der Waals surface area contributed by atoms with Crippen molar-refractivity contribution in [1.29, 1.82) is 0 Å². The largest absolute Gasteiger partial charge is 0.370 e. The van der Waals surface area contributed by atoms with E-state index in [1.54, 1.807) is 84.9 Å². The van der Waals surface area contributed by atoms with E-state index < -0.39 is 0 Å². The first-order valence-corrected chi connectivity index (χ1v) is 28.1. The fraction of sp³-hybridized carbons (Fsp3) is 0.322. The summed E-state index contributed by atoms with van der Waals surface area (Å²) in [6, 6.07) is 33.5. The molecule has 4 aliphatic rings. The van der Waals surface area contributed by atoms with Crippen LogP contribution in [0.2, 0.25) is 30.1 Å². The van der Waals surface area contributed by atoms with Crippen LogP contribution in [0.15, 0.2) is 115 Å². The number of likely N-dealkylation sites (tertiary alicyclic amines) is 1. The van der Waals surface area contributed by atoms with Crippen molar-refractivity contribution >= 4 is 116 Å². The normalized spacial score (nSPS) is 17.6. The molecule has 6 aromatic carbocycles. The molecule has 4 saturated heterocycles. The molecule has 1 unspecified atom stereocenters. The van der Waals surface area contributed by atoms with Crippen LogP contribution < -0.4 is 36.4 Å². The van der Waals surface area contributed by atoms with Gasteiger partial charge >= 0.3 is 0 Å². The van der Waals surface area contributed by atoms with Gasteiger partial charge in [-0.2, -0.15) is 0 Å². The van der Waals surface area contributed by atoms with Gasteiger partial charge in [0, 0.05) is 123 Å². The molecule has 0 saturated carbocycles. The van der Waals surface area contributed by atoms with Gasteiger partial charge in [0.05, 0.1) is 22.7 Å². The molecular formula is C59H58Cl6N8O4. The zero-order valence-electron chi connectivity index (χ0n) is 42.4. The van der Waals surface area contributed by atoms with Crippen molar-refractivity contribution < 1.29 is 19.2 Å². The van der Waals surface area contributed by atoms with E-state index in [1.807, 2.05) is 24.3 Å². The van der Waals surface area contributed by atoms with Crippen molar-refractivity contribution in [3.63, 3.8) is 0 Å². The van der Waals surface area contributed by atoms with Gasteiger partial charge in [0.25, 0.3) is 23.6 Å². The van der Waals surface area contributed by atoms with Gasteiger partial charge in [-0.1, -0.05) is 93.9 Å². The van der Waals surface area contributed by atoms with Crippen molar-refractivity contribution in [3.8, 4) is 0 Å². The number of piperidine rings is 2. The Morgan fingerprint density at radius 3 is 1.52 bits per heavy atom. The highest BCUT2D eigenvalue weighted by Gasteiger charge is 2.50. The molecule has 0 aromatic heterocycles. The Morgan fingerprint density at radius 2 is 1.03 bits per heavy atom. The topological polar surface area (TPSA) is 138 Å². The Morgan fingerprint density at radius 1 is 0.532 bits per heavy atom. The molecule has 1 atom stereocenters. The van der Waals surface area contributed by atoms with Crippen LogP contribution in [0.25, 0.3) is 0 Å². The summed E-state index contributed by atoms with van der Waals surface area (Å²) < 4.78 is 0. The number of carbonyl (C=O) groups excluding carboxylic acids is 4. The molecule has 6 aromatic rings. The molecule has 12 nitrogen and oxygen atoms in total. The number of hydrogen-bond donors (Lipinski definition) is 5. The molecule has 0 radical (unpaired) electrons. The molecule has 10 rings (SSSR count). The summed E-state index contributed by atoms with van der Waals surface area (Å²) >= 11 is 38.8. The van der Waals surface area contributed by atoms with E-state index in [2.05, 4.69) is 54.4 Å². The predicted octanol–water partition coefficient (Wildman–Crippen LogP) is 12.5. The Labute approximate surface area is 479 Å². The zero-order chi connectivity index (χ0) is 54.0. The second-order valence-corrected chi connectivity index (χ2v) is 23.5. The van der Waals surface area contributed by atoms with E-state index in [4.69, 9.17) is 69.6 Å². The van der Waals surface area contributed by atoms with Gasteiger partial charge in [-0.05, 0) is 159 Å². The quantitative estimate of drug-likeness (QED) is 0.0685. The van der Waals surface area contributed by atoms with E-state index in [0.29, 0.717) is 108 Å². The van der Waals surface area contributed by atoms with E-state index in [-0.39, 0.29) is 35.1 Å². The Balaban J connectivity index is 0.797. The minimum atomic E-state index is -0.352. The summed E-state index contributed by atoms with van der Waals surface area (Å²) in [4.78, 5) is 61.6. The number of rotatable bonds is 15. The highest BCUT2D eigenvalue weighted by atomic mass is 35.5. The first kappa shape index (κ1) is 54.8. The molecular weight excluding hydrogens is 1100 g/mol. The number of carbonyl (C=O) groups is 4. The van der Waals surface area contributed by atoms with E-state index >= 15 is 0 Å². The maximum atomic E-state index is 13.9. The third-order valence-corrected chi connectivity index (χ3v) is 17.5. The molecule has 4 heterocycles. The van der Waals surface area contributed by atoms with Crippen molar-refractivity contribution in [2.45, 2.75) is 44.6 Å². The first-order chi connectivity index (χ1) is 37.0. The predicted molar refractivity (Wildman–Crippen MR) is 313 cm³/mol. The molecule has 400 valence electrons. The lowest BCUT2D eigenvalue weighted by molar-refractivity contribution is 0.00133. The van der Waals surface area contributed by atoms with Crippen molar-refractivity contribution in [1.82, 2.24) is 20.9 Å². The van der Waals surface area contributed by atoms with Gasteiger partial charge in [0.15, 0.2) is 0 Å². The highest BCUT2D eigenvalue weighted by Crippen LogP contribution is 2.52. The van der Waals surface area contributed by atoms with E-state index in [0.717, 1.165) is 86.5 Å². The van der Waals surface area contributed by atoms with Gasteiger partial charge in [-0.15, -0.1) is 0 Å². The van der Waals surface area contributed by atoms with Gasteiger partial charge in [0.1, 0.15) is 0 Å². The molecule has 0 bridgehead atoms. The van der Waals surface area contributed by atoms with Crippen molar-refractivity contribution in [2.24, 2.45) is 10.8 Å². The van der Waals surface area contributed by atoms with Crippen LogP contribution in [-0.4, -0.2) is 94.5 Å². The maximum Gasteiger partial charge on any atom is 0.255 e. The first-order valence-electron chi connectivity index (χ1n) is 25.9. The minimum absolute atomic E-state index is 0.0434. The minimum Gasteiger partial charge on any atom is -0.370 e. The van der Waals surface area contributed by atoms with Gasteiger partial charge in [0.2, 0.25) is 0 Å². The highest BCUT2D eigenvalue weighted by molar-refractivity contribution is 6.36. The van der Waals surface area contributed by atoms with Gasteiger partial charge in [-0.3, -0.25) is 19.2 Å². The number of benzene rings is 6. The Kier molecular flexibility index (Phi) is 16.7. The van der Waals surface area contributed by atoms with Crippen LogP contribution >= 0.6 is 69.6 Å². The standard InChI is InChI=1S/C59H58Cl6N8O4/c1-71-34-58(35-71)16-22-72(23-17-58)51-12-9-41(29-49(51)69-56(76)38-4-2-6-42(60)26-38)55(75)67-21-15-37-28-45(48(65)32-47(37)64)53-59(33-68-53)18-24-73(25-19-59)52-13-10-40(30-50(52)70-57(77)39-5-3-7-43(61)27-39)54(74)66-20-14-36-8-11-44(62)31-46(36)63/h2-13,26-32,53,68H,14-25,33-35H2,1H3,(H,66,74)(H,67,75)(H,69,76)(H,70,77). The lowest BCUT2D eigenvalue weighted by atomic mass is 9.64. The molecule has 4 fully saturated rings. The van der Waals surface area contributed by atoms with Gasteiger partial charge in [-0.25, -0.2) is 0 Å². The number of nitrogens with one attached hydrogen (secondary N) is 5. The van der Waals surface area contributed by atoms with E-state index in [9.17, 15) is 19.2 Å². The fourth-order valence-corrected chi connectivity index (χ4v) is 13.0. The summed E-state index contributed by atoms with van der Waals surface area (Å²) in [6.45, 7) is 6.72. The number of amides is 4. The maximum absolute atomic E-state index is 13.9. The summed E-state index contributed by atoms with van der Waals surface area (Å²) in [6.07, 6.45) is 4.73.